The van der Waals surface area contributed by atoms with Gasteiger partial charge in [0.05, 0.1) is 39.8 Å². The molecule has 4 aromatic carbocycles. The highest BCUT2D eigenvalue weighted by atomic mass is 15.5. The van der Waals surface area contributed by atoms with Crippen LogP contribution in [0.2, 0.25) is 0 Å². The molecule has 9 heterocycles. The topological polar surface area (TPSA) is 19.4 Å². The summed E-state index contributed by atoms with van der Waals surface area (Å²) < 4.78 is 0. The fraction of sp³-hybridized carbons (Fsp3) is 0.333. The van der Waals surface area contributed by atoms with Crippen LogP contribution in [0.15, 0.2) is 109 Å². The number of benzene rings is 4. The van der Waals surface area contributed by atoms with Crippen molar-refractivity contribution in [2.75, 3.05) is 26.6 Å². The lowest BCUT2D eigenvalue weighted by atomic mass is 9.73. The Morgan fingerprint density at radius 2 is 1.07 bits per heavy atom. The van der Waals surface area contributed by atoms with Gasteiger partial charge in [0.2, 0.25) is 0 Å². The summed E-state index contributed by atoms with van der Waals surface area (Å²) in [5.41, 5.74) is 20.2. The smallest absolute Gasteiger partial charge is 0.111 e. The molecule has 0 aromatic heterocycles. The zero-order valence-electron chi connectivity index (χ0n) is 32.6. The number of nitrogens with zero attached hydrogens (tertiary/aromatic N) is 6. The molecule has 9 aliphatic heterocycles. The van der Waals surface area contributed by atoms with Crippen molar-refractivity contribution in [1.82, 2.24) is 9.80 Å². The van der Waals surface area contributed by atoms with Gasteiger partial charge in [-0.05, 0) is 84.9 Å². The van der Waals surface area contributed by atoms with E-state index in [2.05, 4.69) is 187 Å². The predicted molar refractivity (Wildman–Crippen MR) is 224 cm³/mol. The van der Waals surface area contributed by atoms with Crippen LogP contribution in [0.1, 0.15) is 80.5 Å². The van der Waals surface area contributed by atoms with Gasteiger partial charge < -0.3 is 29.4 Å². The van der Waals surface area contributed by atoms with Crippen molar-refractivity contribution >= 4 is 40.6 Å². The number of rotatable bonds is 2. The van der Waals surface area contributed by atoms with Crippen LogP contribution in [0.4, 0.5) is 28.4 Å². The summed E-state index contributed by atoms with van der Waals surface area (Å²) in [6.45, 7) is 13.9. The summed E-state index contributed by atoms with van der Waals surface area (Å²) >= 11 is 0. The van der Waals surface area contributed by atoms with Crippen molar-refractivity contribution in [3.63, 3.8) is 0 Å². The molecule has 9 aliphatic rings. The summed E-state index contributed by atoms with van der Waals surface area (Å²) in [6, 6.07) is 28.1. The third-order valence-electron chi connectivity index (χ3n) is 13.5. The maximum Gasteiger partial charge on any atom is 0.111 e. The molecule has 0 N–H and O–H groups in total. The third kappa shape index (κ3) is 4.17. The Balaban J connectivity index is 0.0000000968. The Hall–Kier alpha value is -5.36. The summed E-state index contributed by atoms with van der Waals surface area (Å²) in [7, 11) is 2.16. The monoisotopic (exact) mass is 710 g/mol. The van der Waals surface area contributed by atoms with Gasteiger partial charge in [0.15, 0.2) is 0 Å². The second-order valence-corrected chi connectivity index (χ2v) is 17.5. The first-order valence-electron chi connectivity index (χ1n) is 20.1. The molecule has 0 aliphatic carbocycles. The lowest BCUT2D eigenvalue weighted by Gasteiger charge is -2.39. The van der Waals surface area contributed by atoms with Gasteiger partial charge in [-0.25, -0.2) is 0 Å². The van der Waals surface area contributed by atoms with E-state index in [1.807, 2.05) is 0 Å². The number of hydrogen-bond donors (Lipinski definition) is 0. The molecule has 3 atom stereocenters. The Kier molecular flexibility index (Phi) is 6.60. The minimum atomic E-state index is 0.0784. The highest BCUT2D eigenvalue weighted by Crippen LogP contribution is 2.61. The van der Waals surface area contributed by atoms with Crippen LogP contribution in [-0.2, 0) is 24.7 Å². The van der Waals surface area contributed by atoms with E-state index < -0.39 is 0 Å². The van der Waals surface area contributed by atoms with Gasteiger partial charge in [-0.3, -0.25) is 0 Å². The Labute approximate surface area is 320 Å². The van der Waals surface area contributed by atoms with E-state index in [0.29, 0.717) is 30.6 Å². The third-order valence-corrected chi connectivity index (χ3v) is 13.5. The molecule has 4 aromatic rings. The van der Waals surface area contributed by atoms with Crippen molar-refractivity contribution in [3.8, 4) is 0 Å². The van der Waals surface area contributed by atoms with Gasteiger partial charge in [0.1, 0.15) is 18.5 Å². The van der Waals surface area contributed by atoms with Crippen LogP contribution < -0.4 is 19.6 Å². The molecule has 6 heteroatoms. The lowest BCUT2D eigenvalue weighted by Crippen LogP contribution is -2.44. The van der Waals surface area contributed by atoms with Gasteiger partial charge in [-0.15, -0.1) is 0 Å². The lowest BCUT2D eigenvalue weighted by molar-refractivity contribution is 0.254. The van der Waals surface area contributed by atoms with Crippen LogP contribution in [0.5, 0.6) is 0 Å². The average Bonchev–Trinajstić information content (AvgIpc) is 3.99. The van der Waals surface area contributed by atoms with E-state index in [1.54, 1.807) is 0 Å². The first-order chi connectivity index (χ1) is 26.1. The molecule has 272 valence electrons. The predicted octanol–water partition coefficient (Wildman–Crippen LogP) is 9.73. The van der Waals surface area contributed by atoms with Crippen LogP contribution >= 0.6 is 0 Å². The van der Waals surface area contributed by atoms with Gasteiger partial charge >= 0.3 is 0 Å². The van der Waals surface area contributed by atoms with Crippen LogP contribution in [-0.4, -0.2) is 47.4 Å². The van der Waals surface area contributed by atoms with Crippen molar-refractivity contribution in [1.29, 1.82) is 0 Å². The van der Waals surface area contributed by atoms with E-state index in [-0.39, 0.29) is 5.41 Å². The highest BCUT2D eigenvalue weighted by molar-refractivity contribution is 5.95. The molecule has 54 heavy (non-hydrogen) atoms. The largest absolute Gasteiger partial charge is 0.358 e. The van der Waals surface area contributed by atoms with Gasteiger partial charge in [0.25, 0.3) is 0 Å². The summed E-state index contributed by atoms with van der Waals surface area (Å²) in [6.07, 6.45) is 18.4. The zero-order valence-corrected chi connectivity index (χ0v) is 32.6. The molecular weight excluding hydrogens is 661 g/mol. The normalized spacial score (nSPS) is 23.4. The molecule has 13 rings (SSSR count). The quantitative estimate of drug-likeness (QED) is 0.205. The maximum atomic E-state index is 2.63. The molecule has 0 radical (unpaired) electrons. The van der Waals surface area contributed by atoms with E-state index >= 15 is 0 Å². The second-order valence-electron chi connectivity index (χ2n) is 17.5. The van der Waals surface area contributed by atoms with Crippen molar-refractivity contribution < 1.29 is 0 Å². The Morgan fingerprint density at radius 3 is 1.72 bits per heavy atom. The highest BCUT2D eigenvalue weighted by Gasteiger charge is 2.51. The first-order valence-corrected chi connectivity index (χ1v) is 20.1. The van der Waals surface area contributed by atoms with Gasteiger partial charge in [-0.1, -0.05) is 92.7 Å². The average molecular weight is 711 g/mol. The standard InChI is InChI=1S/C20H22N2.C15H16N2.C13H12N2/c1-12(2)21-16-10-6-9-15-19(16)22-17(21)11-13-7-5-8-14(18(13)22)20(15,3)4;1-10(2)16-9-13-7-6-11-4-3-5-12-8-14(16)17(13)15(11)12;1-14-8-11-6-5-9-3-2-4-10-7-12(14)15(11)13(9)10/h5-10,12,17H,11H2,1-4H3;3-7,9-10,14H,8H2,1-2H3;2-6,8,12H,7H2,1H3. The molecule has 0 bridgehead atoms. The van der Waals surface area contributed by atoms with Gasteiger partial charge in [0, 0.05) is 56.2 Å². The summed E-state index contributed by atoms with van der Waals surface area (Å²) in [5.74, 6) is 0. The van der Waals surface area contributed by atoms with E-state index in [0.717, 1.165) is 19.3 Å². The summed E-state index contributed by atoms with van der Waals surface area (Å²) in [5, 5.41) is 0. The Morgan fingerprint density at radius 1 is 0.537 bits per heavy atom. The van der Waals surface area contributed by atoms with Crippen LogP contribution in [0.3, 0.4) is 0 Å². The number of allylic oxidation sites excluding steroid dienone is 2. The molecule has 0 fully saturated rings. The molecule has 3 unspecified atom stereocenters. The van der Waals surface area contributed by atoms with Gasteiger partial charge in [-0.2, -0.15) is 0 Å². The fourth-order valence-corrected chi connectivity index (χ4v) is 11.1. The second kappa shape index (κ2) is 11.1. The van der Waals surface area contributed by atoms with Crippen LogP contribution in [0, 0.1) is 0 Å². The molecule has 0 saturated heterocycles. The van der Waals surface area contributed by atoms with E-state index in [4.69, 9.17) is 0 Å². The van der Waals surface area contributed by atoms with Crippen molar-refractivity contribution in [2.45, 2.75) is 96.8 Å². The van der Waals surface area contributed by atoms with Crippen LogP contribution in [0.25, 0.3) is 12.2 Å². The van der Waals surface area contributed by atoms with E-state index in [1.165, 1.54) is 78.8 Å². The minimum absolute atomic E-state index is 0.0784. The van der Waals surface area contributed by atoms with Crippen molar-refractivity contribution in [2.24, 2.45) is 0 Å². The number of likely N-dealkylation sites (N-methyl/N-ethyl adjacent to an activating group) is 1. The number of hydrogen-bond acceptors (Lipinski definition) is 6. The first kappa shape index (κ1) is 32.1. The molecule has 0 spiro atoms. The SMILES string of the molecule is CC(C)N1C=C2C=Cc3cccc4c3N2C1C4.CC(C)N1c2cccc3c2N2c4c(cccc4C3(C)C)CC21.CN1C=C2C=Cc3cccc4c3N2C1C4. The molecule has 0 saturated carbocycles. The number of para-hydroxylation sites is 4. The molecule has 0 amide bonds. The molecule has 6 nitrogen and oxygen atoms in total. The summed E-state index contributed by atoms with van der Waals surface area (Å²) in [4.78, 5) is 15.0. The maximum absolute atomic E-state index is 2.63. The number of anilines is 5. The zero-order chi connectivity index (χ0) is 36.8. The Bertz CT molecular complexity index is 2390. The van der Waals surface area contributed by atoms with Crippen molar-refractivity contribution in [3.05, 3.63) is 148 Å². The minimum Gasteiger partial charge on any atom is -0.358 e. The fourth-order valence-electron chi connectivity index (χ4n) is 11.1. The van der Waals surface area contributed by atoms with E-state index in [9.17, 15) is 0 Å². The molecular formula is C48H50N6.